The second kappa shape index (κ2) is 9.38. The maximum absolute atomic E-state index is 12.3. The number of fused-ring (bicyclic) bond motifs is 3. The normalized spacial score (nSPS) is 13.1. The van der Waals surface area contributed by atoms with E-state index in [9.17, 15) is 9.59 Å². The second-order valence-corrected chi connectivity index (χ2v) is 7.30. The molecule has 0 aromatic heterocycles. The quantitative estimate of drug-likeness (QED) is 0.389. The largest absolute Gasteiger partial charge is 0.449 e. The van der Waals surface area contributed by atoms with E-state index in [1.165, 1.54) is 0 Å². The fourth-order valence-corrected chi connectivity index (χ4v) is 3.69. The number of nitrogens with one attached hydrogen (secondary N) is 2. The molecule has 1 aliphatic carbocycles. The predicted molar refractivity (Wildman–Crippen MR) is 115 cm³/mol. The van der Waals surface area contributed by atoms with Gasteiger partial charge in [-0.25, -0.2) is 4.79 Å². The van der Waals surface area contributed by atoms with Crippen LogP contribution >= 0.6 is 12.2 Å². The average molecular weight is 413 g/mol. The summed E-state index contributed by atoms with van der Waals surface area (Å²) < 4.78 is 5.45. The average Bonchev–Trinajstić information content (AvgIpc) is 3.02. The first-order chi connectivity index (χ1) is 14.0. The SMILES string of the molecule is NC(=O)[C@H](CCCNC(N)=S)NC(=O)OCC1c2ccccc2-c2ccccc21. The molecule has 0 aliphatic heterocycles. The van der Waals surface area contributed by atoms with E-state index in [1.807, 2.05) is 36.4 Å². The van der Waals surface area contributed by atoms with Gasteiger partial charge in [0.1, 0.15) is 12.6 Å². The van der Waals surface area contributed by atoms with Crippen molar-refractivity contribution < 1.29 is 14.3 Å². The Labute approximate surface area is 174 Å². The first kappa shape index (κ1) is 20.6. The molecule has 6 N–H and O–H groups in total. The van der Waals surface area contributed by atoms with Crippen molar-refractivity contribution in [1.29, 1.82) is 0 Å². The van der Waals surface area contributed by atoms with E-state index < -0.39 is 18.0 Å². The van der Waals surface area contributed by atoms with Crippen molar-refractivity contribution in [2.75, 3.05) is 13.2 Å². The molecule has 2 aromatic rings. The Kier molecular flexibility index (Phi) is 6.66. The van der Waals surface area contributed by atoms with Crippen LogP contribution in [0.25, 0.3) is 11.1 Å². The molecular weight excluding hydrogens is 388 g/mol. The summed E-state index contributed by atoms with van der Waals surface area (Å²) in [5, 5.41) is 5.52. The van der Waals surface area contributed by atoms with Gasteiger partial charge in [0.05, 0.1) is 0 Å². The zero-order chi connectivity index (χ0) is 20.8. The van der Waals surface area contributed by atoms with E-state index in [-0.39, 0.29) is 17.6 Å². The summed E-state index contributed by atoms with van der Waals surface area (Å²) in [5.41, 5.74) is 15.3. The molecule has 2 amide bonds. The minimum atomic E-state index is -0.821. The minimum absolute atomic E-state index is 0.0463. The number of amides is 2. The molecule has 7 nitrogen and oxygen atoms in total. The Morgan fingerprint density at radius 2 is 1.62 bits per heavy atom. The van der Waals surface area contributed by atoms with E-state index in [4.69, 9.17) is 28.4 Å². The highest BCUT2D eigenvalue weighted by atomic mass is 32.1. The van der Waals surface area contributed by atoms with Crippen LogP contribution in [-0.2, 0) is 9.53 Å². The highest BCUT2D eigenvalue weighted by Crippen LogP contribution is 2.44. The smallest absolute Gasteiger partial charge is 0.407 e. The zero-order valence-corrected chi connectivity index (χ0v) is 16.7. The van der Waals surface area contributed by atoms with Crippen molar-refractivity contribution in [1.82, 2.24) is 10.6 Å². The van der Waals surface area contributed by atoms with Crippen molar-refractivity contribution in [3.8, 4) is 11.1 Å². The van der Waals surface area contributed by atoms with Gasteiger partial charge < -0.3 is 26.8 Å². The summed E-state index contributed by atoms with van der Waals surface area (Å²) in [6.45, 7) is 0.666. The standard InChI is InChI=1S/C21H24N4O3S/c22-19(26)18(10-5-11-24-20(23)29)25-21(27)28-12-17-15-8-3-1-6-13(15)14-7-2-4-9-16(14)17/h1-4,6-9,17-18H,5,10-12H2,(H2,22,26)(H,25,27)(H3,23,24,29)/t18-/m0/s1. The first-order valence-corrected chi connectivity index (χ1v) is 9.82. The number of benzene rings is 2. The molecule has 152 valence electrons. The molecule has 0 unspecified atom stereocenters. The number of hydrogen-bond acceptors (Lipinski definition) is 4. The van der Waals surface area contributed by atoms with Gasteiger partial charge in [0.25, 0.3) is 0 Å². The molecule has 0 saturated heterocycles. The van der Waals surface area contributed by atoms with E-state index in [0.717, 1.165) is 22.3 Å². The number of ether oxygens (including phenoxy) is 1. The number of alkyl carbamates (subject to hydrolysis) is 1. The topological polar surface area (TPSA) is 119 Å². The van der Waals surface area contributed by atoms with E-state index in [2.05, 4.69) is 22.8 Å². The van der Waals surface area contributed by atoms with Gasteiger partial charge in [-0.15, -0.1) is 0 Å². The predicted octanol–water partition coefficient (Wildman–Crippen LogP) is 1.99. The molecule has 0 saturated carbocycles. The highest BCUT2D eigenvalue weighted by molar-refractivity contribution is 7.80. The van der Waals surface area contributed by atoms with Crippen LogP contribution in [0.4, 0.5) is 4.79 Å². The van der Waals surface area contributed by atoms with Crippen LogP contribution in [0.1, 0.15) is 29.9 Å². The lowest BCUT2D eigenvalue weighted by Gasteiger charge is -2.18. The summed E-state index contributed by atoms with van der Waals surface area (Å²) in [5.74, 6) is -0.663. The van der Waals surface area contributed by atoms with Crippen LogP contribution in [0.2, 0.25) is 0 Å². The molecule has 0 radical (unpaired) electrons. The number of carbonyl (C=O) groups is 2. The number of nitrogens with two attached hydrogens (primary N) is 2. The molecule has 1 aliphatic rings. The van der Waals surface area contributed by atoms with Crippen LogP contribution < -0.4 is 22.1 Å². The van der Waals surface area contributed by atoms with Gasteiger partial charge in [0, 0.05) is 12.5 Å². The summed E-state index contributed by atoms with van der Waals surface area (Å²) in [6, 6.07) is 15.3. The lowest BCUT2D eigenvalue weighted by molar-refractivity contribution is -0.120. The molecule has 3 rings (SSSR count). The Balaban J connectivity index is 1.58. The maximum atomic E-state index is 12.3. The fraction of sp³-hybridized carbons (Fsp3) is 0.286. The van der Waals surface area contributed by atoms with Crippen molar-refractivity contribution in [2.45, 2.75) is 24.8 Å². The Bertz CT molecular complexity index is 873. The monoisotopic (exact) mass is 412 g/mol. The summed E-state index contributed by atoms with van der Waals surface area (Å²) >= 11 is 4.72. The van der Waals surface area contributed by atoms with Crippen LogP contribution in [0.3, 0.4) is 0 Å². The number of primary amides is 1. The summed E-state index contributed by atoms with van der Waals surface area (Å²) in [6.07, 6.45) is 0.252. The van der Waals surface area contributed by atoms with Gasteiger partial charge in [-0.1, -0.05) is 48.5 Å². The minimum Gasteiger partial charge on any atom is -0.449 e. The van der Waals surface area contributed by atoms with Gasteiger partial charge >= 0.3 is 6.09 Å². The molecule has 0 fully saturated rings. The number of carbonyl (C=O) groups excluding carboxylic acids is 2. The zero-order valence-electron chi connectivity index (χ0n) is 15.9. The molecule has 29 heavy (non-hydrogen) atoms. The fourth-order valence-electron chi connectivity index (χ4n) is 3.59. The number of thiocarbonyl (C=S) groups is 1. The van der Waals surface area contributed by atoms with Crippen LogP contribution in [0.15, 0.2) is 48.5 Å². The lowest BCUT2D eigenvalue weighted by Crippen LogP contribution is -2.45. The molecule has 0 heterocycles. The van der Waals surface area contributed by atoms with Crippen molar-refractivity contribution in [2.24, 2.45) is 11.5 Å². The van der Waals surface area contributed by atoms with E-state index >= 15 is 0 Å². The van der Waals surface area contributed by atoms with Crippen LogP contribution in [0, 0.1) is 0 Å². The molecule has 0 spiro atoms. The van der Waals surface area contributed by atoms with E-state index in [1.54, 1.807) is 0 Å². The lowest BCUT2D eigenvalue weighted by atomic mass is 9.98. The molecule has 8 heteroatoms. The van der Waals surface area contributed by atoms with Gasteiger partial charge in [-0.2, -0.15) is 0 Å². The van der Waals surface area contributed by atoms with Gasteiger partial charge in [0.2, 0.25) is 5.91 Å². The third kappa shape index (κ3) is 5.03. The van der Waals surface area contributed by atoms with Crippen molar-refractivity contribution in [3.63, 3.8) is 0 Å². The number of rotatable bonds is 8. The maximum Gasteiger partial charge on any atom is 0.407 e. The Morgan fingerprint density at radius 1 is 1.03 bits per heavy atom. The van der Waals surface area contributed by atoms with Crippen molar-refractivity contribution in [3.05, 3.63) is 59.7 Å². The molecule has 1 atom stereocenters. The van der Waals surface area contributed by atoms with Crippen LogP contribution in [-0.4, -0.2) is 36.3 Å². The third-order valence-corrected chi connectivity index (χ3v) is 5.09. The molecular formula is C21H24N4O3S. The van der Waals surface area contributed by atoms with Crippen molar-refractivity contribution >= 4 is 29.3 Å². The van der Waals surface area contributed by atoms with Gasteiger partial charge in [-0.3, -0.25) is 4.79 Å². The molecule has 2 aromatic carbocycles. The van der Waals surface area contributed by atoms with Crippen LogP contribution in [0.5, 0.6) is 0 Å². The Morgan fingerprint density at radius 3 is 2.17 bits per heavy atom. The number of hydrogen-bond donors (Lipinski definition) is 4. The Hall–Kier alpha value is -3.13. The van der Waals surface area contributed by atoms with Gasteiger partial charge in [0.15, 0.2) is 5.11 Å². The van der Waals surface area contributed by atoms with E-state index in [0.29, 0.717) is 19.4 Å². The first-order valence-electron chi connectivity index (χ1n) is 9.41. The summed E-state index contributed by atoms with van der Waals surface area (Å²) in [7, 11) is 0. The highest BCUT2D eigenvalue weighted by Gasteiger charge is 2.29. The molecule has 0 bridgehead atoms. The van der Waals surface area contributed by atoms with Gasteiger partial charge in [-0.05, 0) is 47.3 Å². The summed E-state index contributed by atoms with van der Waals surface area (Å²) in [4.78, 5) is 23.9. The second-order valence-electron chi connectivity index (χ2n) is 6.86. The third-order valence-electron chi connectivity index (χ3n) is 4.95.